The summed E-state index contributed by atoms with van der Waals surface area (Å²) < 4.78 is 12.1. The molecule has 2 bridgehead atoms. The molecule has 6 heteroatoms. The Kier molecular flexibility index (Phi) is 7.51. The van der Waals surface area contributed by atoms with Crippen molar-refractivity contribution in [1.29, 1.82) is 0 Å². The molecule has 2 atom stereocenters. The molecule has 2 N–H and O–H groups in total. The van der Waals surface area contributed by atoms with E-state index in [0.29, 0.717) is 12.5 Å². The molecule has 1 fully saturated rings. The van der Waals surface area contributed by atoms with Crippen LogP contribution in [0.2, 0.25) is 0 Å². The predicted molar refractivity (Wildman–Crippen MR) is 142 cm³/mol. The minimum absolute atomic E-state index is 0.169. The van der Waals surface area contributed by atoms with Crippen molar-refractivity contribution in [3.8, 4) is 11.5 Å². The number of hydrogen-bond acceptors (Lipinski definition) is 4. The number of aryl methyl sites for hydroxylation is 1. The van der Waals surface area contributed by atoms with Crippen LogP contribution in [0.15, 0.2) is 36.5 Å². The average Bonchev–Trinajstić information content (AvgIpc) is 3.38. The van der Waals surface area contributed by atoms with E-state index in [1.165, 1.54) is 48.6 Å². The largest absolute Gasteiger partial charge is 0.496 e. The molecule has 0 unspecified atom stereocenters. The van der Waals surface area contributed by atoms with Crippen LogP contribution >= 0.6 is 0 Å². The summed E-state index contributed by atoms with van der Waals surface area (Å²) in [5.41, 5.74) is 4.93. The summed E-state index contributed by atoms with van der Waals surface area (Å²) in [6.07, 6.45) is 11.5. The Balaban J connectivity index is 1.54. The number of carboxylic acid groups (broad SMARTS) is 1. The summed E-state index contributed by atoms with van der Waals surface area (Å²) in [5.74, 6) is 1.41. The van der Waals surface area contributed by atoms with Crippen molar-refractivity contribution in [2.75, 3.05) is 20.3 Å². The molecule has 1 aromatic heterocycles. The Bertz CT molecular complexity index is 1220. The molecule has 0 radical (unpaired) electrons. The Morgan fingerprint density at radius 1 is 1.14 bits per heavy atom. The van der Waals surface area contributed by atoms with E-state index in [1.54, 1.807) is 19.2 Å². The zero-order valence-corrected chi connectivity index (χ0v) is 21.5. The first-order valence-corrected chi connectivity index (χ1v) is 13.4. The number of H-pyrrole nitrogens is 1. The highest BCUT2D eigenvalue weighted by Gasteiger charge is 2.33. The Morgan fingerprint density at radius 2 is 1.97 bits per heavy atom. The quantitative estimate of drug-likeness (QED) is 0.417. The molecule has 0 saturated carbocycles. The second-order valence-electron chi connectivity index (χ2n) is 10.5. The number of aromatic nitrogens is 1. The molecule has 0 spiro atoms. The lowest BCUT2D eigenvalue weighted by molar-refractivity contribution is 0.0695. The lowest BCUT2D eigenvalue weighted by atomic mass is 9.83. The first-order chi connectivity index (χ1) is 17.5. The van der Waals surface area contributed by atoms with Gasteiger partial charge in [-0.05, 0) is 68.5 Å². The monoisotopic (exact) mass is 490 g/mol. The van der Waals surface area contributed by atoms with E-state index < -0.39 is 5.97 Å². The van der Waals surface area contributed by atoms with E-state index in [4.69, 9.17) is 9.47 Å². The molecule has 2 aliphatic heterocycles. The van der Waals surface area contributed by atoms with E-state index in [1.807, 2.05) is 12.3 Å². The number of aromatic carboxylic acids is 1. The number of rotatable bonds is 4. The fourth-order valence-electron chi connectivity index (χ4n) is 6.16. The zero-order chi connectivity index (χ0) is 25.1. The van der Waals surface area contributed by atoms with E-state index in [-0.39, 0.29) is 11.6 Å². The zero-order valence-electron chi connectivity index (χ0n) is 21.5. The van der Waals surface area contributed by atoms with Gasteiger partial charge in [0.1, 0.15) is 11.5 Å². The van der Waals surface area contributed by atoms with Gasteiger partial charge in [0, 0.05) is 40.8 Å². The number of aromatic amines is 1. The molecule has 1 saturated heterocycles. The first kappa shape index (κ1) is 24.7. The summed E-state index contributed by atoms with van der Waals surface area (Å²) >= 11 is 0. The highest BCUT2D eigenvalue weighted by atomic mass is 16.5. The molecule has 3 aromatic rings. The fraction of sp³-hybridized carbons (Fsp3) is 0.500. The third-order valence-electron chi connectivity index (χ3n) is 8.15. The maximum Gasteiger partial charge on any atom is 0.335 e. The van der Waals surface area contributed by atoms with Crippen molar-refractivity contribution < 1.29 is 19.4 Å². The molecule has 5 rings (SSSR count). The first-order valence-electron chi connectivity index (χ1n) is 13.4. The number of nitrogens with one attached hydrogen (secondary N) is 1. The van der Waals surface area contributed by atoms with Gasteiger partial charge < -0.3 is 19.6 Å². The van der Waals surface area contributed by atoms with Crippen LogP contribution < -0.4 is 9.47 Å². The van der Waals surface area contributed by atoms with Crippen LogP contribution in [0, 0.1) is 12.8 Å². The highest BCUT2D eigenvalue weighted by Crippen LogP contribution is 2.43. The van der Waals surface area contributed by atoms with Gasteiger partial charge in [-0.1, -0.05) is 38.2 Å². The number of fused-ring (bicyclic) bond motifs is 5. The van der Waals surface area contributed by atoms with Gasteiger partial charge in [-0.2, -0.15) is 0 Å². The van der Waals surface area contributed by atoms with Gasteiger partial charge >= 0.3 is 5.97 Å². The summed E-state index contributed by atoms with van der Waals surface area (Å²) in [5, 5.41) is 10.8. The van der Waals surface area contributed by atoms with Crippen molar-refractivity contribution in [2.45, 2.75) is 70.9 Å². The van der Waals surface area contributed by atoms with Gasteiger partial charge in [0.15, 0.2) is 0 Å². The number of methoxy groups -OCH3 is 1. The Labute approximate surface area is 213 Å². The van der Waals surface area contributed by atoms with Crippen LogP contribution in [-0.2, 0) is 6.54 Å². The summed E-state index contributed by atoms with van der Waals surface area (Å²) in [6.45, 7) is 4.51. The number of carboxylic acids is 1. The van der Waals surface area contributed by atoms with Crippen LogP contribution in [0.5, 0.6) is 11.5 Å². The number of likely N-dealkylation sites (tertiary alicyclic amines) is 1. The van der Waals surface area contributed by atoms with Crippen molar-refractivity contribution in [2.24, 2.45) is 5.92 Å². The van der Waals surface area contributed by atoms with Crippen LogP contribution in [0.1, 0.15) is 84.5 Å². The van der Waals surface area contributed by atoms with Gasteiger partial charge in [0.25, 0.3) is 0 Å². The molecule has 2 aliphatic rings. The Morgan fingerprint density at radius 3 is 2.81 bits per heavy atom. The van der Waals surface area contributed by atoms with E-state index in [9.17, 15) is 9.90 Å². The van der Waals surface area contributed by atoms with E-state index in [2.05, 4.69) is 28.9 Å². The number of ether oxygens (including phenoxy) is 2. The maximum atomic E-state index is 11.7. The second-order valence-corrected chi connectivity index (χ2v) is 10.5. The lowest BCUT2D eigenvalue weighted by Crippen LogP contribution is -2.37. The molecular formula is C30H38N2O4. The standard InChI is InChI=1S/C30H38N2O4/c1-20-16-27(35-2)25(23-11-13-31-29(20)23)19-32-14-12-21-8-6-4-3-5-7-15-36-28-18-22(30(33)34)9-10-24(28)26(32)17-21/h9-11,13,16,18,21,26,31H,3-8,12,14-15,17,19H2,1-2H3,(H,33,34)/t21-,26-/m0/s1. The van der Waals surface area contributed by atoms with Crippen molar-refractivity contribution in [3.63, 3.8) is 0 Å². The summed E-state index contributed by atoms with van der Waals surface area (Å²) in [4.78, 5) is 17.7. The van der Waals surface area contributed by atoms with Crippen LogP contribution in [0.4, 0.5) is 0 Å². The smallest absolute Gasteiger partial charge is 0.335 e. The number of carbonyl (C=O) groups is 1. The second kappa shape index (κ2) is 11.0. The fourth-order valence-corrected chi connectivity index (χ4v) is 6.16. The molecule has 0 amide bonds. The molecule has 0 aliphatic carbocycles. The SMILES string of the molecule is COc1cc(C)c2[nH]ccc2c1CN1CC[C@@H]2CCCCCCCOc3cc(C(=O)O)ccc3[C@@H]1C2. The number of nitrogens with zero attached hydrogens (tertiary/aromatic N) is 1. The van der Waals surface area contributed by atoms with Gasteiger partial charge in [0.05, 0.1) is 19.3 Å². The number of hydrogen-bond donors (Lipinski definition) is 2. The van der Waals surface area contributed by atoms with Gasteiger partial charge in [0.2, 0.25) is 0 Å². The van der Waals surface area contributed by atoms with Gasteiger partial charge in [-0.25, -0.2) is 4.79 Å². The molecule has 2 aromatic carbocycles. The molecule has 3 heterocycles. The van der Waals surface area contributed by atoms with Crippen LogP contribution in [0.3, 0.4) is 0 Å². The minimum atomic E-state index is -0.915. The molecule has 36 heavy (non-hydrogen) atoms. The van der Waals surface area contributed by atoms with Crippen LogP contribution in [0.25, 0.3) is 10.9 Å². The van der Waals surface area contributed by atoms with Crippen LogP contribution in [-0.4, -0.2) is 41.2 Å². The maximum absolute atomic E-state index is 11.7. The molecular weight excluding hydrogens is 452 g/mol. The number of piperidine rings is 1. The molecule has 6 nitrogen and oxygen atoms in total. The third-order valence-corrected chi connectivity index (χ3v) is 8.15. The van der Waals surface area contributed by atoms with Gasteiger partial charge in [-0.3, -0.25) is 4.90 Å². The predicted octanol–water partition coefficient (Wildman–Crippen LogP) is 6.87. The van der Waals surface area contributed by atoms with E-state index in [0.717, 1.165) is 54.9 Å². The molecule has 192 valence electrons. The summed E-state index contributed by atoms with van der Waals surface area (Å²) in [6, 6.07) is 9.91. The minimum Gasteiger partial charge on any atom is -0.496 e. The van der Waals surface area contributed by atoms with Crippen molar-refractivity contribution in [1.82, 2.24) is 9.88 Å². The van der Waals surface area contributed by atoms with Crippen molar-refractivity contribution >= 4 is 16.9 Å². The van der Waals surface area contributed by atoms with E-state index >= 15 is 0 Å². The highest BCUT2D eigenvalue weighted by molar-refractivity contribution is 5.89. The lowest BCUT2D eigenvalue weighted by Gasteiger charge is -2.41. The number of benzene rings is 2. The van der Waals surface area contributed by atoms with Crippen molar-refractivity contribution in [3.05, 3.63) is 58.8 Å². The Hall–Kier alpha value is -2.99. The third kappa shape index (κ3) is 5.10. The normalized spacial score (nSPS) is 21.5. The summed E-state index contributed by atoms with van der Waals surface area (Å²) in [7, 11) is 1.75. The topological polar surface area (TPSA) is 74.8 Å². The van der Waals surface area contributed by atoms with Gasteiger partial charge in [-0.15, -0.1) is 0 Å². The average molecular weight is 491 g/mol.